The van der Waals surface area contributed by atoms with Gasteiger partial charge in [0.15, 0.2) is 0 Å². The Kier molecular flexibility index (Phi) is 5.52. The molecule has 7 heteroatoms. The zero-order valence-corrected chi connectivity index (χ0v) is 16.1. The second-order valence-electron chi connectivity index (χ2n) is 6.55. The number of nitrogens with one attached hydrogen (secondary N) is 1. The van der Waals surface area contributed by atoms with Crippen LogP contribution in [0.5, 0.6) is 5.75 Å². The van der Waals surface area contributed by atoms with Gasteiger partial charge in [0.25, 0.3) is 5.91 Å². The second-order valence-corrected chi connectivity index (χ2v) is 6.55. The number of ether oxygens (including phenoxy) is 1. The summed E-state index contributed by atoms with van der Waals surface area (Å²) in [5, 5.41) is 6.72. The molecule has 1 N–H and O–H groups in total. The molecule has 1 amide bonds. The van der Waals surface area contributed by atoms with Gasteiger partial charge in [0.05, 0.1) is 19.1 Å². The molecule has 0 fully saturated rings. The molecule has 150 valence electrons. The minimum absolute atomic E-state index is 0.0238. The van der Waals surface area contributed by atoms with Gasteiger partial charge in [-0.15, -0.1) is 0 Å². The molecule has 0 unspecified atom stereocenters. The molecule has 0 saturated heterocycles. The van der Waals surface area contributed by atoms with Crippen molar-refractivity contribution in [3.63, 3.8) is 0 Å². The Bertz CT molecular complexity index is 1170. The van der Waals surface area contributed by atoms with Gasteiger partial charge in [0.1, 0.15) is 11.6 Å². The first-order chi connectivity index (χ1) is 14.6. The van der Waals surface area contributed by atoms with Crippen molar-refractivity contribution in [2.24, 2.45) is 0 Å². The number of hydrogen-bond donors (Lipinski definition) is 1. The summed E-state index contributed by atoms with van der Waals surface area (Å²) in [6, 6.07) is 20.4. The third-order valence-electron chi connectivity index (χ3n) is 4.48. The molecule has 0 bridgehead atoms. The van der Waals surface area contributed by atoms with Crippen LogP contribution in [0.2, 0.25) is 0 Å². The van der Waals surface area contributed by atoms with Gasteiger partial charge in [-0.05, 0) is 42.0 Å². The zero-order valence-electron chi connectivity index (χ0n) is 16.1. The minimum atomic E-state index is -0.576. The number of methoxy groups -OCH3 is 1. The quantitative estimate of drug-likeness (QED) is 0.504. The molecule has 0 aliphatic carbocycles. The van der Waals surface area contributed by atoms with Gasteiger partial charge >= 0.3 is 0 Å². The van der Waals surface area contributed by atoms with E-state index in [0.29, 0.717) is 29.4 Å². The molecule has 4 rings (SSSR count). The van der Waals surface area contributed by atoms with E-state index in [9.17, 15) is 9.18 Å². The number of amides is 1. The number of aromatic nitrogens is 2. The van der Waals surface area contributed by atoms with Gasteiger partial charge in [-0.3, -0.25) is 4.79 Å². The molecular formula is C23H18FN3O3. The SMILES string of the molecule is COc1ccc(Cc2nc(-c3cccc(NC(=O)c4ccccc4F)c3)no2)cc1. The first kappa shape index (κ1) is 19.3. The van der Waals surface area contributed by atoms with E-state index >= 15 is 0 Å². The number of rotatable bonds is 6. The smallest absolute Gasteiger partial charge is 0.258 e. The molecule has 0 spiro atoms. The first-order valence-electron chi connectivity index (χ1n) is 9.24. The van der Waals surface area contributed by atoms with Crippen molar-refractivity contribution in [3.8, 4) is 17.1 Å². The molecule has 4 aromatic rings. The van der Waals surface area contributed by atoms with Crippen LogP contribution in [-0.2, 0) is 6.42 Å². The number of carbonyl (C=O) groups excluding carboxylic acids is 1. The zero-order chi connectivity index (χ0) is 20.9. The minimum Gasteiger partial charge on any atom is -0.497 e. The molecular weight excluding hydrogens is 385 g/mol. The molecule has 30 heavy (non-hydrogen) atoms. The van der Waals surface area contributed by atoms with Crippen molar-refractivity contribution in [1.29, 1.82) is 0 Å². The van der Waals surface area contributed by atoms with E-state index in [2.05, 4.69) is 15.5 Å². The number of hydrogen-bond acceptors (Lipinski definition) is 5. The van der Waals surface area contributed by atoms with Crippen LogP contribution in [0.15, 0.2) is 77.3 Å². The molecule has 0 aliphatic rings. The van der Waals surface area contributed by atoms with Crippen LogP contribution in [-0.4, -0.2) is 23.2 Å². The van der Waals surface area contributed by atoms with E-state index in [1.807, 2.05) is 24.3 Å². The topological polar surface area (TPSA) is 77.2 Å². The molecule has 6 nitrogen and oxygen atoms in total. The predicted molar refractivity (Wildman–Crippen MR) is 110 cm³/mol. The van der Waals surface area contributed by atoms with E-state index in [0.717, 1.165) is 11.3 Å². The van der Waals surface area contributed by atoms with Crippen LogP contribution in [0.4, 0.5) is 10.1 Å². The number of benzene rings is 3. The number of halogens is 1. The van der Waals surface area contributed by atoms with Crippen LogP contribution in [0.1, 0.15) is 21.8 Å². The standard InChI is InChI=1S/C23H18FN3O3/c1-29-18-11-9-15(10-12-18)13-21-26-22(27-30-21)16-5-4-6-17(14-16)25-23(28)19-7-2-3-8-20(19)24/h2-12,14H,13H2,1H3,(H,25,28). The maximum atomic E-state index is 13.8. The van der Waals surface area contributed by atoms with Crippen LogP contribution in [0.25, 0.3) is 11.4 Å². The van der Waals surface area contributed by atoms with Crippen LogP contribution in [0.3, 0.4) is 0 Å². The second kappa shape index (κ2) is 8.57. The summed E-state index contributed by atoms with van der Waals surface area (Å²) in [6.07, 6.45) is 0.487. The van der Waals surface area contributed by atoms with E-state index in [1.165, 1.54) is 18.2 Å². The van der Waals surface area contributed by atoms with Gasteiger partial charge in [0.2, 0.25) is 11.7 Å². The fraction of sp³-hybridized carbons (Fsp3) is 0.0870. The average Bonchev–Trinajstić information content (AvgIpc) is 3.23. The van der Waals surface area contributed by atoms with Gasteiger partial charge in [0, 0.05) is 11.3 Å². The van der Waals surface area contributed by atoms with E-state index in [-0.39, 0.29) is 5.56 Å². The fourth-order valence-corrected chi connectivity index (χ4v) is 2.94. The van der Waals surface area contributed by atoms with Crippen LogP contribution >= 0.6 is 0 Å². The van der Waals surface area contributed by atoms with Crippen molar-refractivity contribution in [2.45, 2.75) is 6.42 Å². The monoisotopic (exact) mass is 403 g/mol. The fourth-order valence-electron chi connectivity index (χ4n) is 2.94. The summed E-state index contributed by atoms with van der Waals surface area (Å²) in [5.74, 6) is 0.543. The first-order valence-corrected chi connectivity index (χ1v) is 9.24. The highest BCUT2D eigenvalue weighted by Crippen LogP contribution is 2.22. The lowest BCUT2D eigenvalue weighted by atomic mass is 10.1. The van der Waals surface area contributed by atoms with Crippen molar-refractivity contribution < 1.29 is 18.4 Å². The predicted octanol–water partition coefficient (Wildman–Crippen LogP) is 4.73. The maximum absolute atomic E-state index is 13.8. The highest BCUT2D eigenvalue weighted by atomic mass is 19.1. The molecule has 0 radical (unpaired) electrons. The van der Waals surface area contributed by atoms with Crippen molar-refractivity contribution in [2.75, 3.05) is 12.4 Å². The lowest BCUT2D eigenvalue weighted by Gasteiger charge is -2.07. The molecule has 3 aromatic carbocycles. The Hall–Kier alpha value is -4.00. The number of carbonyl (C=O) groups is 1. The molecule has 0 saturated carbocycles. The van der Waals surface area contributed by atoms with Crippen molar-refractivity contribution in [3.05, 3.63) is 95.6 Å². The van der Waals surface area contributed by atoms with Crippen LogP contribution in [0, 0.1) is 5.82 Å². The van der Waals surface area contributed by atoms with E-state index in [1.54, 1.807) is 37.4 Å². The van der Waals surface area contributed by atoms with E-state index in [4.69, 9.17) is 9.26 Å². The van der Waals surface area contributed by atoms with Gasteiger partial charge in [-0.25, -0.2) is 4.39 Å². The lowest BCUT2D eigenvalue weighted by Crippen LogP contribution is -2.13. The normalized spacial score (nSPS) is 10.6. The number of anilines is 1. The van der Waals surface area contributed by atoms with E-state index < -0.39 is 11.7 Å². The molecule has 1 heterocycles. The summed E-state index contributed by atoms with van der Waals surface area (Å²) in [5.41, 5.74) is 2.16. The third kappa shape index (κ3) is 4.35. The lowest BCUT2D eigenvalue weighted by molar-refractivity contribution is 0.102. The Morgan fingerprint density at radius 3 is 2.63 bits per heavy atom. The Morgan fingerprint density at radius 2 is 1.87 bits per heavy atom. The average molecular weight is 403 g/mol. The highest BCUT2D eigenvalue weighted by molar-refractivity contribution is 6.04. The largest absolute Gasteiger partial charge is 0.497 e. The van der Waals surface area contributed by atoms with Crippen molar-refractivity contribution >= 4 is 11.6 Å². The van der Waals surface area contributed by atoms with Crippen molar-refractivity contribution in [1.82, 2.24) is 10.1 Å². The van der Waals surface area contributed by atoms with Crippen LogP contribution < -0.4 is 10.1 Å². The Morgan fingerprint density at radius 1 is 1.07 bits per heavy atom. The van der Waals surface area contributed by atoms with Gasteiger partial charge in [-0.1, -0.05) is 41.6 Å². The van der Waals surface area contributed by atoms with Gasteiger partial charge in [-0.2, -0.15) is 4.98 Å². The van der Waals surface area contributed by atoms with Gasteiger partial charge < -0.3 is 14.6 Å². The highest BCUT2D eigenvalue weighted by Gasteiger charge is 2.13. The Labute approximate surface area is 172 Å². The molecule has 0 atom stereocenters. The summed E-state index contributed by atoms with van der Waals surface area (Å²) >= 11 is 0. The number of nitrogens with zero attached hydrogens (tertiary/aromatic N) is 2. The summed E-state index contributed by atoms with van der Waals surface area (Å²) in [7, 11) is 1.62. The maximum Gasteiger partial charge on any atom is 0.258 e. The summed E-state index contributed by atoms with van der Waals surface area (Å²) < 4.78 is 24.3. The third-order valence-corrected chi connectivity index (χ3v) is 4.48. The molecule has 0 aliphatic heterocycles. The summed E-state index contributed by atoms with van der Waals surface area (Å²) in [4.78, 5) is 16.8. The molecule has 1 aromatic heterocycles. The summed E-state index contributed by atoms with van der Waals surface area (Å²) in [6.45, 7) is 0. The Balaban J connectivity index is 1.48.